The van der Waals surface area contributed by atoms with Crippen molar-refractivity contribution in [1.82, 2.24) is 0 Å². The summed E-state index contributed by atoms with van der Waals surface area (Å²) in [6.07, 6.45) is 0.861. The highest BCUT2D eigenvalue weighted by Gasteiger charge is 2.01. The number of thioether (sulfide) groups is 1. The lowest BCUT2D eigenvalue weighted by molar-refractivity contribution is 0.289. The first-order valence-electron chi connectivity index (χ1n) is 4.15. The molecule has 0 unspecified atom stereocenters. The Bertz CT molecular complexity index is 210. The zero-order valence-electron chi connectivity index (χ0n) is 7.23. The molecular formula is C10H14OS. The van der Waals surface area contributed by atoms with Gasteiger partial charge in [-0.3, -0.25) is 0 Å². The number of aliphatic hydroxyl groups excluding tert-OH is 1. The fourth-order valence-corrected chi connectivity index (χ4v) is 1.97. The summed E-state index contributed by atoms with van der Waals surface area (Å²) in [7, 11) is 0. The third-order valence-corrected chi connectivity index (χ3v) is 2.80. The molecule has 0 saturated carbocycles. The van der Waals surface area contributed by atoms with Crippen LogP contribution in [0.4, 0.5) is 0 Å². The minimum Gasteiger partial charge on any atom is -0.396 e. The average molecular weight is 182 g/mol. The van der Waals surface area contributed by atoms with Crippen molar-refractivity contribution >= 4 is 11.8 Å². The summed E-state index contributed by atoms with van der Waals surface area (Å²) in [4.78, 5) is 1.28. The Morgan fingerprint density at radius 2 is 2.00 bits per heavy atom. The summed E-state index contributed by atoms with van der Waals surface area (Å²) < 4.78 is 0. The molecule has 0 saturated heterocycles. The number of rotatable bonds is 4. The molecule has 1 aromatic rings. The van der Waals surface area contributed by atoms with Gasteiger partial charge < -0.3 is 5.11 Å². The van der Waals surface area contributed by atoms with Gasteiger partial charge in [0.1, 0.15) is 0 Å². The zero-order chi connectivity index (χ0) is 8.81. The summed E-state index contributed by atoms with van der Waals surface area (Å²) in [5.74, 6) is 0. The van der Waals surface area contributed by atoms with E-state index in [0.717, 1.165) is 6.42 Å². The van der Waals surface area contributed by atoms with E-state index in [4.69, 9.17) is 5.11 Å². The van der Waals surface area contributed by atoms with Crippen molar-refractivity contribution in [2.75, 3.05) is 6.61 Å². The standard InChI is InChI=1S/C10H14OS/c1-9(7-8-11)12-10-5-3-2-4-6-10/h2-6,9,11H,7-8H2,1H3/t9-/m0/s1. The Balaban J connectivity index is 2.41. The maximum atomic E-state index is 8.70. The molecule has 0 amide bonds. The second kappa shape index (κ2) is 5.22. The number of hydrogen-bond acceptors (Lipinski definition) is 2. The van der Waals surface area contributed by atoms with Crippen molar-refractivity contribution in [1.29, 1.82) is 0 Å². The smallest absolute Gasteiger partial charge is 0.0441 e. The van der Waals surface area contributed by atoms with Gasteiger partial charge in [-0.1, -0.05) is 25.1 Å². The molecule has 1 N–H and O–H groups in total. The van der Waals surface area contributed by atoms with Gasteiger partial charge in [0.15, 0.2) is 0 Å². The van der Waals surface area contributed by atoms with E-state index in [0.29, 0.717) is 5.25 Å². The summed E-state index contributed by atoms with van der Waals surface area (Å²) in [6, 6.07) is 10.3. The van der Waals surface area contributed by atoms with Crippen molar-refractivity contribution in [3.63, 3.8) is 0 Å². The van der Waals surface area contributed by atoms with E-state index in [1.54, 1.807) is 0 Å². The van der Waals surface area contributed by atoms with E-state index in [2.05, 4.69) is 19.1 Å². The molecule has 1 rings (SSSR count). The van der Waals surface area contributed by atoms with Crippen LogP contribution in [0.5, 0.6) is 0 Å². The van der Waals surface area contributed by atoms with Gasteiger partial charge in [0.25, 0.3) is 0 Å². The van der Waals surface area contributed by atoms with Gasteiger partial charge in [-0.15, -0.1) is 11.8 Å². The highest BCUT2D eigenvalue weighted by Crippen LogP contribution is 2.23. The molecule has 0 aliphatic heterocycles. The Hall–Kier alpha value is -0.470. The third kappa shape index (κ3) is 3.28. The van der Waals surface area contributed by atoms with Crippen LogP contribution < -0.4 is 0 Å². The molecule has 0 aliphatic carbocycles. The van der Waals surface area contributed by atoms with Crippen LogP contribution in [-0.2, 0) is 0 Å². The first-order valence-corrected chi connectivity index (χ1v) is 5.03. The number of hydrogen-bond donors (Lipinski definition) is 1. The van der Waals surface area contributed by atoms with Crippen molar-refractivity contribution in [3.05, 3.63) is 30.3 Å². The Morgan fingerprint density at radius 1 is 1.33 bits per heavy atom. The van der Waals surface area contributed by atoms with Crippen LogP contribution >= 0.6 is 11.8 Å². The fourth-order valence-electron chi connectivity index (χ4n) is 0.972. The normalized spacial score (nSPS) is 12.8. The minimum atomic E-state index is 0.279. The number of benzene rings is 1. The van der Waals surface area contributed by atoms with Crippen LogP contribution in [0.2, 0.25) is 0 Å². The third-order valence-electron chi connectivity index (χ3n) is 1.62. The topological polar surface area (TPSA) is 20.2 Å². The van der Waals surface area contributed by atoms with E-state index in [-0.39, 0.29) is 6.61 Å². The van der Waals surface area contributed by atoms with Crippen LogP contribution in [-0.4, -0.2) is 17.0 Å². The van der Waals surface area contributed by atoms with Gasteiger partial charge in [-0.2, -0.15) is 0 Å². The molecular weight excluding hydrogens is 168 g/mol. The summed E-state index contributed by atoms with van der Waals surface area (Å²) in [6.45, 7) is 2.41. The Labute approximate surface area is 77.8 Å². The van der Waals surface area contributed by atoms with Crippen molar-refractivity contribution < 1.29 is 5.11 Å². The molecule has 66 valence electrons. The molecule has 0 bridgehead atoms. The molecule has 0 aliphatic rings. The maximum Gasteiger partial charge on any atom is 0.0441 e. The van der Waals surface area contributed by atoms with E-state index in [1.165, 1.54) is 4.90 Å². The second-order valence-electron chi connectivity index (χ2n) is 2.75. The fraction of sp³-hybridized carbons (Fsp3) is 0.400. The van der Waals surface area contributed by atoms with Gasteiger partial charge in [0.2, 0.25) is 0 Å². The molecule has 0 heterocycles. The largest absolute Gasteiger partial charge is 0.396 e. The van der Waals surface area contributed by atoms with E-state index < -0.39 is 0 Å². The lowest BCUT2D eigenvalue weighted by Crippen LogP contribution is -1.98. The lowest BCUT2D eigenvalue weighted by atomic mass is 10.3. The van der Waals surface area contributed by atoms with Crippen molar-refractivity contribution in [3.8, 4) is 0 Å². The molecule has 0 radical (unpaired) electrons. The summed E-state index contributed by atoms with van der Waals surface area (Å²) in [5.41, 5.74) is 0. The summed E-state index contributed by atoms with van der Waals surface area (Å²) >= 11 is 1.81. The van der Waals surface area contributed by atoms with Gasteiger partial charge >= 0.3 is 0 Å². The molecule has 1 atom stereocenters. The van der Waals surface area contributed by atoms with Gasteiger partial charge in [0, 0.05) is 16.8 Å². The highest BCUT2D eigenvalue weighted by atomic mass is 32.2. The average Bonchev–Trinajstić information content (AvgIpc) is 2.06. The molecule has 2 heteroatoms. The van der Waals surface area contributed by atoms with E-state index >= 15 is 0 Å². The second-order valence-corrected chi connectivity index (χ2v) is 4.27. The van der Waals surface area contributed by atoms with Crippen molar-refractivity contribution in [2.45, 2.75) is 23.5 Å². The SMILES string of the molecule is C[C@@H](CCO)Sc1ccccc1. The van der Waals surface area contributed by atoms with Crippen molar-refractivity contribution in [2.24, 2.45) is 0 Å². The molecule has 0 fully saturated rings. The summed E-state index contributed by atoms with van der Waals surface area (Å²) in [5, 5.41) is 9.20. The van der Waals surface area contributed by atoms with Crippen LogP contribution in [0.15, 0.2) is 35.2 Å². The molecule has 12 heavy (non-hydrogen) atoms. The van der Waals surface area contributed by atoms with Gasteiger partial charge in [-0.25, -0.2) is 0 Å². The zero-order valence-corrected chi connectivity index (χ0v) is 8.05. The Kier molecular flexibility index (Phi) is 4.19. The van der Waals surface area contributed by atoms with Crippen LogP contribution in [0.25, 0.3) is 0 Å². The predicted octanol–water partition coefficient (Wildman–Crippen LogP) is 2.55. The van der Waals surface area contributed by atoms with Crippen LogP contribution in [0.1, 0.15) is 13.3 Å². The first-order chi connectivity index (χ1) is 5.83. The van der Waals surface area contributed by atoms with Crippen LogP contribution in [0.3, 0.4) is 0 Å². The molecule has 1 nitrogen and oxygen atoms in total. The lowest BCUT2D eigenvalue weighted by Gasteiger charge is -2.08. The monoisotopic (exact) mass is 182 g/mol. The van der Waals surface area contributed by atoms with E-state index in [9.17, 15) is 0 Å². The van der Waals surface area contributed by atoms with Gasteiger partial charge in [-0.05, 0) is 18.6 Å². The Morgan fingerprint density at radius 3 is 2.58 bits per heavy atom. The minimum absolute atomic E-state index is 0.279. The maximum absolute atomic E-state index is 8.70. The first kappa shape index (κ1) is 9.62. The predicted molar refractivity (Wildman–Crippen MR) is 53.5 cm³/mol. The molecule has 0 aromatic heterocycles. The number of aliphatic hydroxyl groups is 1. The quantitative estimate of drug-likeness (QED) is 0.722. The molecule has 1 aromatic carbocycles. The highest BCUT2D eigenvalue weighted by molar-refractivity contribution is 7.99. The van der Waals surface area contributed by atoms with Crippen LogP contribution in [0, 0.1) is 0 Å². The molecule has 0 spiro atoms. The van der Waals surface area contributed by atoms with E-state index in [1.807, 2.05) is 30.0 Å². The van der Waals surface area contributed by atoms with Gasteiger partial charge in [0.05, 0.1) is 0 Å².